The van der Waals surface area contributed by atoms with Gasteiger partial charge in [0.2, 0.25) is 11.7 Å². The minimum absolute atomic E-state index is 0.136. The number of carbonyl (C=O) groups is 1. The van der Waals surface area contributed by atoms with Crippen LogP contribution in [0.5, 0.6) is 0 Å². The number of para-hydroxylation sites is 1. The van der Waals surface area contributed by atoms with Gasteiger partial charge in [0.15, 0.2) is 6.10 Å². The third kappa shape index (κ3) is 3.19. The molecule has 0 spiro atoms. The highest BCUT2D eigenvalue weighted by atomic mass is 19.1. The average molecular weight is 366 g/mol. The molecule has 1 atom stereocenters. The fourth-order valence-corrected chi connectivity index (χ4v) is 2.74. The molecule has 2 aromatic heterocycles. The third-order valence-electron chi connectivity index (χ3n) is 4.19. The Labute approximate surface area is 153 Å². The molecule has 0 bridgehead atoms. The summed E-state index contributed by atoms with van der Waals surface area (Å²) >= 11 is 0. The smallest absolute Gasteiger partial charge is 0.375 e. The van der Waals surface area contributed by atoms with Crippen LogP contribution in [0.4, 0.5) is 4.39 Å². The van der Waals surface area contributed by atoms with Crippen molar-refractivity contribution in [2.75, 3.05) is 0 Å². The molecule has 0 unspecified atom stereocenters. The zero-order chi connectivity index (χ0) is 19.0. The summed E-state index contributed by atoms with van der Waals surface area (Å²) in [5.41, 5.74) is 1.90. The van der Waals surface area contributed by atoms with Crippen LogP contribution in [0.15, 0.2) is 57.4 Å². The Morgan fingerprint density at radius 2 is 1.81 bits per heavy atom. The highest BCUT2D eigenvalue weighted by Crippen LogP contribution is 2.28. The van der Waals surface area contributed by atoms with Gasteiger partial charge in [-0.3, -0.25) is 0 Å². The fraction of sp³-hybridized carbons (Fsp3) is 0.150. The summed E-state index contributed by atoms with van der Waals surface area (Å²) in [6.07, 6.45) is -0.771. The number of ether oxygens (including phenoxy) is 1. The molecule has 27 heavy (non-hydrogen) atoms. The largest absolute Gasteiger partial charge is 0.449 e. The SMILES string of the molecule is Cc1c(C(=O)O[C@H](C)c2nnc(-c3ccc(F)cc3)o2)oc2ccccc12. The van der Waals surface area contributed by atoms with Crippen molar-refractivity contribution in [1.82, 2.24) is 10.2 Å². The van der Waals surface area contributed by atoms with Gasteiger partial charge in [-0.1, -0.05) is 18.2 Å². The summed E-state index contributed by atoms with van der Waals surface area (Å²) in [7, 11) is 0. The summed E-state index contributed by atoms with van der Waals surface area (Å²) in [5.74, 6) is -0.481. The lowest BCUT2D eigenvalue weighted by Gasteiger charge is -2.08. The van der Waals surface area contributed by atoms with Crippen LogP contribution in [0.3, 0.4) is 0 Å². The second-order valence-corrected chi connectivity index (χ2v) is 6.05. The van der Waals surface area contributed by atoms with Gasteiger partial charge in [-0.2, -0.15) is 0 Å². The molecule has 0 fully saturated rings. The van der Waals surface area contributed by atoms with Crippen molar-refractivity contribution in [3.8, 4) is 11.5 Å². The van der Waals surface area contributed by atoms with Crippen molar-refractivity contribution in [1.29, 1.82) is 0 Å². The Morgan fingerprint density at radius 3 is 2.56 bits per heavy atom. The first-order chi connectivity index (χ1) is 13.0. The van der Waals surface area contributed by atoms with E-state index in [1.54, 1.807) is 19.9 Å². The maximum atomic E-state index is 13.0. The molecule has 0 saturated carbocycles. The van der Waals surface area contributed by atoms with Gasteiger partial charge in [-0.25, -0.2) is 9.18 Å². The van der Waals surface area contributed by atoms with E-state index in [9.17, 15) is 9.18 Å². The van der Waals surface area contributed by atoms with Crippen molar-refractivity contribution >= 4 is 16.9 Å². The van der Waals surface area contributed by atoms with Gasteiger partial charge < -0.3 is 13.6 Å². The highest BCUT2D eigenvalue weighted by Gasteiger charge is 2.24. The average Bonchev–Trinajstić information content (AvgIpc) is 3.28. The van der Waals surface area contributed by atoms with E-state index in [0.717, 1.165) is 5.39 Å². The van der Waals surface area contributed by atoms with Crippen molar-refractivity contribution in [3.05, 3.63) is 71.6 Å². The maximum Gasteiger partial charge on any atom is 0.375 e. The number of carbonyl (C=O) groups excluding carboxylic acids is 1. The maximum absolute atomic E-state index is 13.0. The quantitative estimate of drug-likeness (QED) is 0.481. The van der Waals surface area contributed by atoms with Gasteiger partial charge in [-0.05, 0) is 44.2 Å². The number of furan rings is 1. The predicted molar refractivity (Wildman–Crippen MR) is 94.5 cm³/mol. The molecule has 4 aromatic rings. The summed E-state index contributed by atoms with van der Waals surface area (Å²) in [4.78, 5) is 12.5. The topological polar surface area (TPSA) is 78.4 Å². The fourth-order valence-electron chi connectivity index (χ4n) is 2.74. The van der Waals surface area contributed by atoms with Crippen molar-refractivity contribution in [2.24, 2.45) is 0 Å². The zero-order valence-electron chi connectivity index (χ0n) is 14.6. The summed E-state index contributed by atoms with van der Waals surface area (Å²) in [5, 5.41) is 8.68. The van der Waals surface area contributed by atoms with E-state index in [2.05, 4.69) is 10.2 Å². The van der Waals surface area contributed by atoms with Gasteiger partial charge in [-0.15, -0.1) is 10.2 Å². The molecule has 0 amide bonds. The van der Waals surface area contributed by atoms with Crippen molar-refractivity contribution in [3.63, 3.8) is 0 Å². The number of hydrogen-bond donors (Lipinski definition) is 0. The molecule has 0 aliphatic carbocycles. The van der Waals surface area contributed by atoms with E-state index in [4.69, 9.17) is 13.6 Å². The van der Waals surface area contributed by atoms with Gasteiger partial charge in [0.05, 0.1) is 0 Å². The lowest BCUT2D eigenvalue weighted by atomic mass is 10.1. The normalized spacial score (nSPS) is 12.3. The lowest BCUT2D eigenvalue weighted by Crippen LogP contribution is -2.09. The van der Waals surface area contributed by atoms with Crippen LogP contribution in [0.1, 0.15) is 35.0 Å². The molecule has 4 rings (SSSR count). The van der Waals surface area contributed by atoms with E-state index >= 15 is 0 Å². The van der Waals surface area contributed by atoms with Gasteiger partial charge >= 0.3 is 5.97 Å². The lowest BCUT2D eigenvalue weighted by molar-refractivity contribution is 0.0245. The molecule has 6 nitrogen and oxygen atoms in total. The van der Waals surface area contributed by atoms with Crippen molar-refractivity contribution in [2.45, 2.75) is 20.0 Å². The van der Waals surface area contributed by atoms with E-state index in [1.165, 1.54) is 24.3 Å². The van der Waals surface area contributed by atoms with Crippen LogP contribution < -0.4 is 0 Å². The van der Waals surface area contributed by atoms with Crippen LogP contribution in [0.2, 0.25) is 0 Å². The molecule has 136 valence electrons. The molecule has 7 heteroatoms. The summed E-state index contributed by atoms with van der Waals surface area (Å²) in [6, 6.07) is 13.0. The Hall–Kier alpha value is -3.48. The number of benzene rings is 2. The first-order valence-corrected chi connectivity index (χ1v) is 8.31. The second kappa shape index (κ2) is 6.68. The summed E-state index contributed by atoms with van der Waals surface area (Å²) < 4.78 is 29.6. The Balaban J connectivity index is 1.53. The van der Waals surface area contributed by atoms with Gasteiger partial charge in [0.25, 0.3) is 5.89 Å². The van der Waals surface area contributed by atoms with Crippen LogP contribution >= 0.6 is 0 Å². The summed E-state index contributed by atoms with van der Waals surface area (Å²) in [6.45, 7) is 3.42. The molecule has 0 aliphatic rings. The van der Waals surface area contributed by atoms with Crippen molar-refractivity contribution < 1.29 is 22.8 Å². The molecule has 0 radical (unpaired) electrons. The van der Waals surface area contributed by atoms with E-state index in [0.29, 0.717) is 16.7 Å². The van der Waals surface area contributed by atoms with Crippen LogP contribution in [-0.4, -0.2) is 16.2 Å². The predicted octanol–water partition coefficient (Wildman–Crippen LogP) is 4.85. The number of esters is 1. The Morgan fingerprint density at radius 1 is 1.07 bits per heavy atom. The van der Waals surface area contributed by atoms with Gasteiger partial charge in [0.1, 0.15) is 11.4 Å². The van der Waals surface area contributed by atoms with Crippen LogP contribution in [-0.2, 0) is 4.74 Å². The molecule has 0 saturated heterocycles. The minimum atomic E-state index is -0.771. The van der Waals surface area contributed by atoms with E-state index < -0.39 is 12.1 Å². The number of halogens is 1. The third-order valence-corrected chi connectivity index (χ3v) is 4.19. The molecule has 0 aliphatic heterocycles. The molecular weight excluding hydrogens is 351 g/mol. The monoisotopic (exact) mass is 366 g/mol. The second-order valence-electron chi connectivity index (χ2n) is 6.05. The number of aryl methyl sites for hydroxylation is 1. The molecule has 0 N–H and O–H groups in total. The Kier molecular flexibility index (Phi) is 4.19. The number of nitrogens with zero attached hydrogens (tertiary/aromatic N) is 2. The molecule has 2 aromatic carbocycles. The highest BCUT2D eigenvalue weighted by molar-refractivity contribution is 5.95. The molecule has 2 heterocycles. The number of aromatic nitrogens is 2. The first-order valence-electron chi connectivity index (χ1n) is 8.31. The van der Waals surface area contributed by atoms with Crippen LogP contribution in [0, 0.1) is 12.7 Å². The standard InChI is InChI=1S/C20H15FN2O4/c1-11-15-5-3-4-6-16(15)26-17(11)20(24)25-12(2)18-22-23-19(27-18)13-7-9-14(21)10-8-13/h3-10,12H,1-2H3/t12-/m1/s1. The van der Waals surface area contributed by atoms with Crippen LogP contribution in [0.25, 0.3) is 22.4 Å². The number of hydrogen-bond acceptors (Lipinski definition) is 6. The number of fused-ring (bicyclic) bond motifs is 1. The van der Waals surface area contributed by atoms with Gasteiger partial charge in [0, 0.05) is 16.5 Å². The van der Waals surface area contributed by atoms with E-state index in [1.807, 2.05) is 18.2 Å². The zero-order valence-corrected chi connectivity index (χ0v) is 14.6. The van der Waals surface area contributed by atoms with E-state index in [-0.39, 0.29) is 23.4 Å². The number of rotatable bonds is 4. The first kappa shape index (κ1) is 17.0. The minimum Gasteiger partial charge on any atom is -0.449 e. The Bertz CT molecular complexity index is 1110. The molecular formula is C20H15FN2O4.